The summed E-state index contributed by atoms with van der Waals surface area (Å²) in [5.74, 6) is 0.622. The minimum Gasteiger partial charge on any atom is -0.507 e. The molecule has 0 bridgehead atoms. The lowest BCUT2D eigenvalue weighted by atomic mass is 10.1. The molecule has 2 rings (SSSR count). The maximum Gasteiger partial charge on any atom is 0.197 e. The van der Waals surface area contributed by atoms with Gasteiger partial charge >= 0.3 is 0 Å². The van der Waals surface area contributed by atoms with Crippen molar-refractivity contribution < 1.29 is 19.4 Å². The van der Waals surface area contributed by atoms with Gasteiger partial charge < -0.3 is 19.4 Å². The normalized spacial score (nSPS) is 10.8. The number of aliphatic hydroxyl groups excluding tert-OH is 1. The van der Waals surface area contributed by atoms with Crippen LogP contribution in [0.25, 0.3) is 11.0 Å². The summed E-state index contributed by atoms with van der Waals surface area (Å²) in [6, 6.07) is 3.35. The second-order valence-corrected chi connectivity index (χ2v) is 4.07. The summed E-state index contributed by atoms with van der Waals surface area (Å²) >= 11 is 5.02. The van der Waals surface area contributed by atoms with Crippen molar-refractivity contribution in [1.82, 2.24) is 0 Å². The Kier molecular flexibility index (Phi) is 3.04. The Morgan fingerprint density at radius 2 is 2.00 bits per heavy atom. The van der Waals surface area contributed by atoms with Crippen molar-refractivity contribution in [2.75, 3.05) is 6.79 Å². The van der Waals surface area contributed by atoms with Crippen molar-refractivity contribution in [3.05, 3.63) is 28.0 Å². The SMILES string of the molecule is Cc1c(O)c2ccc(OCO)c(C)c2oc1=S. The van der Waals surface area contributed by atoms with Crippen molar-refractivity contribution >= 4 is 23.2 Å². The largest absolute Gasteiger partial charge is 0.507 e. The predicted octanol–water partition coefficient (Wildman–Crippen LogP) is 2.81. The number of aliphatic hydroxyl groups is 1. The van der Waals surface area contributed by atoms with Crippen molar-refractivity contribution in [1.29, 1.82) is 0 Å². The highest BCUT2D eigenvalue weighted by molar-refractivity contribution is 7.71. The molecule has 17 heavy (non-hydrogen) atoms. The van der Waals surface area contributed by atoms with Crippen LogP contribution in [-0.4, -0.2) is 17.0 Å². The molecule has 0 aliphatic rings. The first-order valence-corrected chi connectivity index (χ1v) is 5.46. The molecule has 1 heterocycles. The minimum atomic E-state index is -0.412. The summed E-state index contributed by atoms with van der Waals surface area (Å²) in [6.07, 6.45) is 0. The van der Waals surface area contributed by atoms with Crippen molar-refractivity contribution in [3.8, 4) is 11.5 Å². The third kappa shape index (κ3) is 1.87. The highest BCUT2D eigenvalue weighted by atomic mass is 32.1. The fourth-order valence-corrected chi connectivity index (χ4v) is 1.87. The molecule has 2 N–H and O–H groups in total. The first kappa shape index (κ1) is 11.9. The average Bonchev–Trinajstić information content (AvgIpc) is 2.31. The van der Waals surface area contributed by atoms with Gasteiger partial charge in [0, 0.05) is 11.1 Å². The quantitative estimate of drug-likeness (QED) is 0.635. The van der Waals surface area contributed by atoms with Gasteiger partial charge in [0.15, 0.2) is 11.5 Å². The van der Waals surface area contributed by atoms with E-state index >= 15 is 0 Å². The Balaban J connectivity index is 2.83. The van der Waals surface area contributed by atoms with Gasteiger partial charge in [0.05, 0.1) is 5.39 Å². The van der Waals surface area contributed by atoms with Gasteiger partial charge in [-0.1, -0.05) is 0 Å². The van der Waals surface area contributed by atoms with Crippen molar-refractivity contribution in [2.24, 2.45) is 0 Å². The molecule has 0 aliphatic heterocycles. The van der Waals surface area contributed by atoms with Crippen LogP contribution in [0.5, 0.6) is 11.5 Å². The van der Waals surface area contributed by atoms with E-state index in [9.17, 15) is 5.11 Å². The molecule has 0 atom stereocenters. The van der Waals surface area contributed by atoms with Crippen LogP contribution >= 0.6 is 12.2 Å². The molecule has 0 unspecified atom stereocenters. The number of benzene rings is 1. The lowest BCUT2D eigenvalue weighted by molar-refractivity contribution is 0.0979. The Bertz CT molecular complexity index is 630. The van der Waals surface area contributed by atoms with E-state index in [0.717, 1.165) is 0 Å². The summed E-state index contributed by atoms with van der Waals surface area (Å²) in [4.78, 5) is 0. The number of hydrogen-bond acceptors (Lipinski definition) is 5. The zero-order valence-electron chi connectivity index (χ0n) is 9.48. The third-order valence-corrected chi connectivity index (χ3v) is 3.08. The van der Waals surface area contributed by atoms with Gasteiger partial charge in [-0.3, -0.25) is 0 Å². The molecule has 4 nitrogen and oxygen atoms in total. The monoisotopic (exact) mass is 252 g/mol. The number of aryl methyl sites for hydroxylation is 1. The van der Waals surface area contributed by atoms with E-state index < -0.39 is 6.79 Å². The average molecular weight is 252 g/mol. The summed E-state index contributed by atoms with van der Waals surface area (Å²) in [5.41, 5.74) is 1.71. The number of aromatic hydroxyl groups is 1. The molecule has 0 saturated carbocycles. The highest BCUT2D eigenvalue weighted by Crippen LogP contribution is 2.34. The zero-order chi connectivity index (χ0) is 12.6. The number of rotatable bonds is 2. The number of ether oxygens (including phenoxy) is 1. The topological polar surface area (TPSA) is 62.8 Å². The van der Waals surface area contributed by atoms with Crippen molar-refractivity contribution in [2.45, 2.75) is 13.8 Å². The molecule has 1 aromatic carbocycles. The third-order valence-electron chi connectivity index (χ3n) is 2.69. The van der Waals surface area contributed by atoms with Gasteiger partial charge in [0.25, 0.3) is 0 Å². The van der Waals surface area contributed by atoms with Gasteiger partial charge in [-0.25, -0.2) is 0 Å². The molecular weight excluding hydrogens is 240 g/mol. The van der Waals surface area contributed by atoms with E-state index in [1.807, 2.05) is 0 Å². The predicted molar refractivity (Wildman–Crippen MR) is 65.9 cm³/mol. The molecule has 1 aromatic heterocycles. The first-order valence-electron chi connectivity index (χ1n) is 5.06. The van der Waals surface area contributed by atoms with Gasteiger partial charge in [-0.05, 0) is 38.2 Å². The maximum absolute atomic E-state index is 9.97. The van der Waals surface area contributed by atoms with Crippen LogP contribution in [0.1, 0.15) is 11.1 Å². The molecule has 0 aliphatic carbocycles. The summed E-state index contributed by atoms with van der Waals surface area (Å²) < 4.78 is 10.8. The van der Waals surface area contributed by atoms with E-state index in [-0.39, 0.29) is 10.5 Å². The van der Waals surface area contributed by atoms with Crippen LogP contribution in [-0.2, 0) is 0 Å². The van der Waals surface area contributed by atoms with Gasteiger partial charge in [-0.15, -0.1) is 0 Å². The summed E-state index contributed by atoms with van der Waals surface area (Å²) in [7, 11) is 0. The highest BCUT2D eigenvalue weighted by Gasteiger charge is 2.12. The Hall–Kier alpha value is -1.59. The van der Waals surface area contributed by atoms with Crippen molar-refractivity contribution in [3.63, 3.8) is 0 Å². The summed E-state index contributed by atoms with van der Waals surface area (Å²) in [6.45, 7) is 3.07. The van der Waals surface area contributed by atoms with E-state index in [0.29, 0.717) is 27.8 Å². The zero-order valence-corrected chi connectivity index (χ0v) is 10.3. The van der Waals surface area contributed by atoms with E-state index in [1.165, 1.54) is 0 Å². The smallest absolute Gasteiger partial charge is 0.197 e. The van der Waals surface area contributed by atoms with Crippen LogP contribution in [0.15, 0.2) is 16.5 Å². The molecule has 0 radical (unpaired) electrons. The fourth-order valence-electron chi connectivity index (χ4n) is 1.69. The Morgan fingerprint density at radius 1 is 1.29 bits per heavy atom. The molecular formula is C12H12O4S. The van der Waals surface area contributed by atoms with E-state index in [1.54, 1.807) is 26.0 Å². The van der Waals surface area contributed by atoms with Crippen LogP contribution in [0.2, 0.25) is 0 Å². The molecule has 90 valence electrons. The second kappa shape index (κ2) is 4.35. The Morgan fingerprint density at radius 3 is 2.65 bits per heavy atom. The first-order chi connectivity index (χ1) is 8.06. The lowest BCUT2D eigenvalue weighted by Crippen LogP contribution is -1.97. The molecule has 0 saturated heterocycles. The van der Waals surface area contributed by atoms with Crippen LogP contribution in [0.3, 0.4) is 0 Å². The molecule has 5 heteroatoms. The standard InChI is InChI=1S/C12H12O4S/c1-6-9(15-5-13)4-3-8-10(14)7(2)12(17)16-11(6)8/h3-4,13-14H,5H2,1-2H3. The lowest BCUT2D eigenvalue weighted by Gasteiger charge is -2.10. The van der Waals surface area contributed by atoms with Gasteiger partial charge in [-0.2, -0.15) is 0 Å². The second-order valence-electron chi connectivity index (χ2n) is 3.70. The van der Waals surface area contributed by atoms with E-state index in [2.05, 4.69) is 0 Å². The van der Waals surface area contributed by atoms with Crippen LogP contribution in [0.4, 0.5) is 0 Å². The fraction of sp³-hybridized carbons (Fsp3) is 0.250. The van der Waals surface area contributed by atoms with Gasteiger partial charge in [0.1, 0.15) is 17.1 Å². The molecule has 0 amide bonds. The molecule has 2 aromatic rings. The summed E-state index contributed by atoms with van der Waals surface area (Å²) in [5, 5.41) is 19.3. The van der Waals surface area contributed by atoms with Gasteiger partial charge in [0.2, 0.25) is 0 Å². The van der Waals surface area contributed by atoms with E-state index in [4.69, 9.17) is 26.5 Å². The Labute approximate surface area is 103 Å². The number of hydrogen-bond donors (Lipinski definition) is 2. The molecule has 0 fully saturated rings. The molecule has 0 spiro atoms. The number of fused-ring (bicyclic) bond motifs is 1. The van der Waals surface area contributed by atoms with Crippen LogP contribution < -0.4 is 4.74 Å². The minimum absolute atomic E-state index is 0.120. The van der Waals surface area contributed by atoms with Crippen LogP contribution in [0, 0.1) is 18.6 Å². The maximum atomic E-state index is 9.97.